The zero-order valence-electron chi connectivity index (χ0n) is 13.9. The number of nitrogens with zero attached hydrogens (tertiary/aromatic N) is 1. The van der Waals surface area contributed by atoms with Crippen LogP contribution in [0.25, 0.3) is 0 Å². The van der Waals surface area contributed by atoms with Gasteiger partial charge in [-0.2, -0.15) is 0 Å². The first-order valence-corrected chi connectivity index (χ1v) is 9.66. The largest absolute Gasteiger partial charge is 0.350 e. The molecule has 0 radical (unpaired) electrons. The first-order chi connectivity index (χ1) is 12.6. The Morgan fingerprint density at radius 1 is 0.885 bits per heavy atom. The van der Waals surface area contributed by atoms with Crippen molar-refractivity contribution in [2.45, 2.75) is 10.1 Å². The predicted octanol–water partition coefficient (Wildman–Crippen LogP) is 3.03. The molecule has 0 saturated heterocycles. The van der Waals surface area contributed by atoms with E-state index in [4.69, 9.17) is 0 Å². The highest BCUT2D eigenvalue weighted by atomic mass is 32.2. The summed E-state index contributed by atoms with van der Waals surface area (Å²) in [4.78, 5) is 16.4. The summed E-state index contributed by atoms with van der Waals surface area (Å²) < 4.78 is 26.2. The van der Waals surface area contributed by atoms with E-state index in [2.05, 4.69) is 10.3 Å². The minimum absolute atomic E-state index is 0.0254. The average Bonchev–Trinajstić information content (AvgIpc) is 2.70. The molecule has 2 aromatic carbocycles. The van der Waals surface area contributed by atoms with Crippen molar-refractivity contribution in [2.75, 3.05) is 6.54 Å². The maximum absolute atomic E-state index is 13.1. The fraction of sp³-hybridized carbons (Fsp3) is 0.100. The zero-order valence-corrected chi connectivity index (χ0v) is 14.8. The molecule has 1 N–H and O–H groups in total. The van der Waals surface area contributed by atoms with Crippen LogP contribution in [0.4, 0.5) is 0 Å². The lowest BCUT2D eigenvalue weighted by Gasteiger charge is -2.19. The highest BCUT2D eigenvalue weighted by Gasteiger charge is 2.29. The molecule has 6 heteroatoms. The van der Waals surface area contributed by atoms with Gasteiger partial charge < -0.3 is 5.32 Å². The van der Waals surface area contributed by atoms with E-state index in [9.17, 15) is 13.2 Å². The summed E-state index contributed by atoms with van der Waals surface area (Å²) in [5, 5.41) is 1.85. The highest BCUT2D eigenvalue weighted by Crippen LogP contribution is 2.28. The lowest BCUT2D eigenvalue weighted by molar-refractivity contribution is 0.0953. The van der Waals surface area contributed by atoms with E-state index in [1.807, 2.05) is 6.07 Å². The highest BCUT2D eigenvalue weighted by molar-refractivity contribution is 7.91. The van der Waals surface area contributed by atoms with Crippen molar-refractivity contribution >= 4 is 15.7 Å². The minimum Gasteiger partial charge on any atom is -0.350 e. The van der Waals surface area contributed by atoms with Crippen LogP contribution in [0.3, 0.4) is 0 Å². The maximum atomic E-state index is 13.1. The van der Waals surface area contributed by atoms with E-state index in [0.29, 0.717) is 11.1 Å². The van der Waals surface area contributed by atoms with Crippen LogP contribution in [-0.4, -0.2) is 25.9 Å². The summed E-state index contributed by atoms with van der Waals surface area (Å²) in [5.41, 5.74) is 1.07. The molecule has 3 rings (SSSR count). The second kappa shape index (κ2) is 7.93. The van der Waals surface area contributed by atoms with Crippen LogP contribution in [-0.2, 0) is 9.84 Å². The first-order valence-electron chi connectivity index (χ1n) is 8.11. The molecule has 0 aliphatic heterocycles. The van der Waals surface area contributed by atoms with E-state index in [1.54, 1.807) is 66.7 Å². The summed E-state index contributed by atoms with van der Waals surface area (Å²) in [5.74, 6) is -0.336. The van der Waals surface area contributed by atoms with Gasteiger partial charge in [0.15, 0.2) is 9.84 Å². The Bertz CT molecular complexity index is 960. The lowest BCUT2D eigenvalue weighted by Crippen LogP contribution is -2.32. The van der Waals surface area contributed by atoms with Gasteiger partial charge in [-0.1, -0.05) is 48.5 Å². The van der Waals surface area contributed by atoms with Crippen molar-refractivity contribution in [1.82, 2.24) is 10.3 Å². The van der Waals surface area contributed by atoms with Crippen molar-refractivity contribution in [3.05, 3.63) is 96.3 Å². The molecule has 0 aliphatic carbocycles. The fourth-order valence-corrected chi connectivity index (χ4v) is 4.32. The smallest absolute Gasteiger partial charge is 0.251 e. The number of nitrogens with one attached hydrogen (secondary N) is 1. The third-order valence-electron chi connectivity index (χ3n) is 4.01. The number of carbonyl (C=O) groups is 1. The second-order valence-corrected chi connectivity index (χ2v) is 7.83. The molecule has 0 fully saturated rings. The summed E-state index contributed by atoms with van der Waals surface area (Å²) in [6, 6.07) is 20.3. The van der Waals surface area contributed by atoms with Gasteiger partial charge in [-0.3, -0.25) is 9.78 Å². The van der Waals surface area contributed by atoms with E-state index < -0.39 is 15.1 Å². The number of amides is 1. The first kappa shape index (κ1) is 17.8. The van der Waals surface area contributed by atoms with Gasteiger partial charge in [-0.25, -0.2) is 8.42 Å². The monoisotopic (exact) mass is 366 g/mol. The third-order valence-corrected chi connectivity index (χ3v) is 6.13. The molecule has 3 aromatic rings. The maximum Gasteiger partial charge on any atom is 0.251 e. The number of benzene rings is 2. The number of sulfone groups is 1. The molecule has 0 spiro atoms. The Balaban J connectivity index is 1.89. The molecule has 132 valence electrons. The molecule has 0 bridgehead atoms. The molecule has 1 aromatic heterocycles. The van der Waals surface area contributed by atoms with Gasteiger partial charge in [0.05, 0.1) is 4.90 Å². The van der Waals surface area contributed by atoms with Gasteiger partial charge in [-0.05, 0) is 29.8 Å². The summed E-state index contributed by atoms with van der Waals surface area (Å²) in [7, 11) is -3.66. The van der Waals surface area contributed by atoms with Crippen LogP contribution in [0.1, 0.15) is 21.2 Å². The lowest BCUT2D eigenvalue weighted by atomic mass is 10.1. The molecular formula is C20H18N2O3S. The van der Waals surface area contributed by atoms with E-state index in [1.165, 1.54) is 12.4 Å². The summed E-state index contributed by atoms with van der Waals surface area (Å²) in [6.07, 6.45) is 3.04. The molecule has 1 heterocycles. The summed E-state index contributed by atoms with van der Waals surface area (Å²) in [6.45, 7) is -0.0254. The van der Waals surface area contributed by atoms with Gasteiger partial charge in [0.1, 0.15) is 5.25 Å². The molecular weight excluding hydrogens is 348 g/mol. The number of carbonyl (C=O) groups excluding carboxylic acids is 1. The summed E-state index contributed by atoms with van der Waals surface area (Å²) >= 11 is 0. The number of aromatic nitrogens is 1. The Labute approximate surface area is 152 Å². The quantitative estimate of drug-likeness (QED) is 0.727. The molecule has 0 aliphatic rings. The predicted molar refractivity (Wildman–Crippen MR) is 99.4 cm³/mol. The molecule has 1 amide bonds. The topological polar surface area (TPSA) is 76.1 Å². The molecule has 26 heavy (non-hydrogen) atoms. The van der Waals surface area contributed by atoms with Crippen LogP contribution in [0.15, 0.2) is 90.1 Å². The molecule has 0 unspecified atom stereocenters. The SMILES string of the molecule is O=C(NC[C@H](c1ccccc1)S(=O)(=O)c1ccccc1)c1ccncc1. The zero-order chi connectivity index (χ0) is 18.4. The molecule has 0 saturated carbocycles. The van der Waals surface area contributed by atoms with Crippen LogP contribution in [0, 0.1) is 0 Å². The van der Waals surface area contributed by atoms with E-state index in [0.717, 1.165) is 0 Å². The van der Waals surface area contributed by atoms with Crippen LogP contribution < -0.4 is 5.32 Å². The van der Waals surface area contributed by atoms with Gasteiger partial charge in [-0.15, -0.1) is 0 Å². The van der Waals surface area contributed by atoms with Crippen LogP contribution >= 0.6 is 0 Å². The normalized spacial score (nSPS) is 12.3. The second-order valence-electron chi connectivity index (χ2n) is 5.70. The Morgan fingerprint density at radius 3 is 2.08 bits per heavy atom. The van der Waals surface area contributed by atoms with Crippen molar-refractivity contribution in [3.8, 4) is 0 Å². The standard InChI is InChI=1S/C20H18N2O3S/c23-20(17-11-13-21-14-12-17)22-15-19(16-7-3-1-4-8-16)26(24,25)18-9-5-2-6-10-18/h1-14,19H,15H2,(H,22,23)/t19-/m1/s1. The Hall–Kier alpha value is -2.99. The van der Waals surface area contributed by atoms with Crippen molar-refractivity contribution in [2.24, 2.45) is 0 Å². The van der Waals surface area contributed by atoms with Gasteiger partial charge >= 0.3 is 0 Å². The van der Waals surface area contributed by atoms with Crippen molar-refractivity contribution < 1.29 is 13.2 Å². The third kappa shape index (κ3) is 3.97. The molecule has 5 nitrogen and oxygen atoms in total. The number of pyridine rings is 1. The minimum atomic E-state index is -3.66. The van der Waals surface area contributed by atoms with E-state index >= 15 is 0 Å². The van der Waals surface area contributed by atoms with Gasteiger partial charge in [0.2, 0.25) is 0 Å². The Kier molecular flexibility index (Phi) is 5.43. The fourth-order valence-electron chi connectivity index (χ4n) is 2.64. The van der Waals surface area contributed by atoms with Gasteiger partial charge in [0, 0.05) is 24.5 Å². The van der Waals surface area contributed by atoms with Crippen molar-refractivity contribution in [1.29, 1.82) is 0 Å². The Morgan fingerprint density at radius 2 is 1.46 bits per heavy atom. The van der Waals surface area contributed by atoms with E-state index in [-0.39, 0.29) is 17.3 Å². The van der Waals surface area contributed by atoms with Crippen LogP contribution in [0.5, 0.6) is 0 Å². The number of hydrogen-bond acceptors (Lipinski definition) is 4. The van der Waals surface area contributed by atoms with Gasteiger partial charge in [0.25, 0.3) is 5.91 Å². The van der Waals surface area contributed by atoms with Crippen LogP contribution in [0.2, 0.25) is 0 Å². The number of hydrogen-bond donors (Lipinski definition) is 1. The average molecular weight is 366 g/mol. The van der Waals surface area contributed by atoms with Crippen molar-refractivity contribution in [3.63, 3.8) is 0 Å². The molecule has 1 atom stereocenters. The number of rotatable bonds is 6.